The lowest BCUT2D eigenvalue weighted by Gasteiger charge is -2.24. The van der Waals surface area contributed by atoms with Crippen LogP contribution in [0.1, 0.15) is 17.2 Å². The van der Waals surface area contributed by atoms with Crippen LogP contribution < -0.4 is 10.6 Å². The highest BCUT2D eigenvalue weighted by Crippen LogP contribution is 2.19. The van der Waals surface area contributed by atoms with Gasteiger partial charge in [-0.3, -0.25) is 4.79 Å². The van der Waals surface area contributed by atoms with E-state index < -0.39 is 0 Å². The molecule has 15 heavy (non-hydrogen) atoms. The third-order valence-electron chi connectivity index (χ3n) is 2.58. The maximum atomic E-state index is 12.9. The van der Waals surface area contributed by atoms with E-state index in [0.29, 0.717) is 6.54 Å². The quantitative estimate of drug-likeness (QED) is 0.719. The SMILES string of the molecule is Cc1cc(F)ccc1[C@@H]1NCCNC1=O. The van der Waals surface area contributed by atoms with Crippen LogP contribution in [0.3, 0.4) is 0 Å². The van der Waals surface area contributed by atoms with Crippen molar-refractivity contribution in [1.29, 1.82) is 0 Å². The second-order valence-electron chi connectivity index (χ2n) is 3.68. The number of halogens is 1. The first kappa shape index (κ1) is 10.1. The zero-order chi connectivity index (χ0) is 10.8. The monoisotopic (exact) mass is 208 g/mol. The van der Waals surface area contributed by atoms with Crippen molar-refractivity contribution in [3.05, 3.63) is 35.1 Å². The molecule has 2 N–H and O–H groups in total. The number of piperazine rings is 1. The van der Waals surface area contributed by atoms with Gasteiger partial charge in [-0.2, -0.15) is 0 Å². The average molecular weight is 208 g/mol. The molecule has 1 aliphatic heterocycles. The lowest BCUT2D eigenvalue weighted by Crippen LogP contribution is -2.47. The largest absolute Gasteiger partial charge is 0.353 e. The molecule has 0 aromatic heterocycles. The minimum Gasteiger partial charge on any atom is -0.353 e. The van der Waals surface area contributed by atoms with Crippen LogP contribution in [0.25, 0.3) is 0 Å². The molecule has 1 aromatic rings. The van der Waals surface area contributed by atoms with Gasteiger partial charge in [0.05, 0.1) is 0 Å². The first-order chi connectivity index (χ1) is 7.18. The third-order valence-corrected chi connectivity index (χ3v) is 2.58. The molecule has 1 fully saturated rings. The van der Waals surface area contributed by atoms with Crippen molar-refractivity contribution < 1.29 is 9.18 Å². The maximum Gasteiger partial charge on any atom is 0.241 e. The minimum atomic E-state index is -0.348. The minimum absolute atomic E-state index is 0.0454. The number of rotatable bonds is 1. The fourth-order valence-corrected chi connectivity index (χ4v) is 1.81. The Morgan fingerprint density at radius 3 is 2.87 bits per heavy atom. The van der Waals surface area contributed by atoms with Crippen LogP contribution in [-0.2, 0) is 4.79 Å². The molecule has 1 aromatic carbocycles. The summed E-state index contributed by atoms with van der Waals surface area (Å²) in [6.45, 7) is 3.20. The fourth-order valence-electron chi connectivity index (χ4n) is 1.81. The van der Waals surface area contributed by atoms with Crippen LogP contribution in [-0.4, -0.2) is 19.0 Å². The van der Waals surface area contributed by atoms with Gasteiger partial charge in [0.15, 0.2) is 0 Å². The molecule has 1 amide bonds. The van der Waals surface area contributed by atoms with Crippen LogP contribution in [0.2, 0.25) is 0 Å². The molecule has 1 atom stereocenters. The van der Waals surface area contributed by atoms with Crippen molar-refractivity contribution in [2.24, 2.45) is 0 Å². The maximum absolute atomic E-state index is 12.9. The van der Waals surface area contributed by atoms with Crippen molar-refractivity contribution in [3.63, 3.8) is 0 Å². The molecule has 0 unspecified atom stereocenters. The predicted molar refractivity (Wildman–Crippen MR) is 54.9 cm³/mol. The van der Waals surface area contributed by atoms with E-state index in [4.69, 9.17) is 0 Å². The van der Waals surface area contributed by atoms with E-state index in [9.17, 15) is 9.18 Å². The molecule has 4 heteroatoms. The molecule has 0 aliphatic carbocycles. The number of benzene rings is 1. The smallest absolute Gasteiger partial charge is 0.241 e. The predicted octanol–water partition coefficient (Wildman–Crippen LogP) is 0.895. The molecule has 1 aliphatic rings. The summed E-state index contributed by atoms with van der Waals surface area (Å²) < 4.78 is 12.9. The number of aryl methyl sites for hydroxylation is 1. The number of hydrogen-bond donors (Lipinski definition) is 2. The van der Waals surface area contributed by atoms with Crippen LogP contribution in [0.5, 0.6) is 0 Å². The summed E-state index contributed by atoms with van der Waals surface area (Å²) in [5.41, 5.74) is 1.64. The molecule has 1 heterocycles. The van der Waals surface area contributed by atoms with Gasteiger partial charge in [0.2, 0.25) is 5.91 Å². The van der Waals surface area contributed by atoms with Gasteiger partial charge >= 0.3 is 0 Å². The first-order valence-electron chi connectivity index (χ1n) is 4.95. The van der Waals surface area contributed by atoms with Gasteiger partial charge in [0, 0.05) is 13.1 Å². The molecule has 0 spiro atoms. The fraction of sp³-hybridized carbons (Fsp3) is 0.364. The van der Waals surface area contributed by atoms with E-state index in [1.165, 1.54) is 12.1 Å². The Labute approximate surface area is 87.7 Å². The Hall–Kier alpha value is -1.42. The molecular formula is C11H13FN2O. The summed E-state index contributed by atoms with van der Waals surface area (Å²) in [7, 11) is 0. The van der Waals surface area contributed by atoms with Crippen molar-refractivity contribution >= 4 is 5.91 Å². The third kappa shape index (κ3) is 1.99. The van der Waals surface area contributed by atoms with Crippen molar-refractivity contribution in [3.8, 4) is 0 Å². The molecule has 0 bridgehead atoms. The summed E-state index contributed by atoms with van der Waals surface area (Å²) >= 11 is 0. The molecule has 1 saturated heterocycles. The summed E-state index contributed by atoms with van der Waals surface area (Å²) in [4.78, 5) is 11.6. The molecule has 0 saturated carbocycles. The van der Waals surface area contributed by atoms with Gasteiger partial charge in [-0.1, -0.05) is 6.07 Å². The summed E-state index contributed by atoms with van der Waals surface area (Å²) in [6.07, 6.45) is 0. The summed E-state index contributed by atoms with van der Waals surface area (Å²) in [6, 6.07) is 4.14. The highest BCUT2D eigenvalue weighted by molar-refractivity contribution is 5.84. The zero-order valence-electron chi connectivity index (χ0n) is 8.51. The Bertz CT molecular complexity index is 392. The van der Waals surface area contributed by atoms with E-state index in [2.05, 4.69) is 10.6 Å². The van der Waals surface area contributed by atoms with Crippen molar-refractivity contribution in [1.82, 2.24) is 10.6 Å². The Balaban J connectivity index is 2.31. The van der Waals surface area contributed by atoms with E-state index >= 15 is 0 Å². The van der Waals surface area contributed by atoms with Crippen LogP contribution in [0.4, 0.5) is 4.39 Å². The molecule has 80 valence electrons. The molecule has 2 rings (SSSR count). The van der Waals surface area contributed by atoms with E-state index in [1.54, 1.807) is 6.07 Å². The molecular weight excluding hydrogens is 195 g/mol. The number of nitrogens with one attached hydrogen (secondary N) is 2. The lowest BCUT2D eigenvalue weighted by atomic mass is 9.99. The Kier molecular flexibility index (Phi) is 2.68. The molecule has 0 radical (unpaired) electrons. The zero-order valence-corrected chi connectivity index (χ0v) is 8.51. The Morgan fingerprint density at radius 2 is 2.20 bits per heavy atom. The van der Waals surface area contributed by atoms with E-state index in [-0.39, 0.29) is 17.8 Å². The number of carbonyl (C=O) groups excluding carboxylic acids is 1. The van der Waals surface area contributed by atoms with Gasteiger partial charge in [-0.15, -0.1) is 0 Å². The standard InChI is InChI=1S/C11H13FN2O/c1-7-6-8(12)2-3-9(7)10-11(15)14-5-4-13-10/h2-3,6,10,13H,4-5H2,1H3,(H,14,15)/t10-/m0/s1. The summed E-state index contributed by atoms with van der Waals surface area (Å²) in [5, 5.41) is 5.89. The van der Waals surface area contributed by atoms with Gasteiger partial charge in [-0.25, -0.2) is 4.39 Å². The number of carbonyl (C=O) groups is 1. The molecule has 3 nitrogen and oxygen atoms in total. The van der Waals surface area contributed by atoms with Crippen molar-refractivity contribution in [2.45, 2.75) is 13.0 Å². The lowest BCUT2D eigenvalue weighted by molar-refractivity contribution is -0.124. The van der Waals surface area contributed by atoms with Gasteiger partial charge in [0.1, 0.15) is 11.9 Å². The number of amides is 1. The van der Waals surface area contributed by atoms with E-state index in [0.717, 1.165) is 17.7 Å². The van der Waals surface area contributed by atoms with Crippen LogP contribution >= 0.6 is 0 Å². The van der Waals surface area contributed by atoms with Gasteiger partial charge in [-0.05, 0) is 30.2 Å². The average Bonchev–Trinajstić information content (AvgIpc) is 2.20. The second kappa shape index (κ2) is 3.98. The van der Waals surface area contributed by atoms with Gasteiger partial charge in [0.25, 0.3) is 0 Å². The normalized spacial score (nSPS) is 21.2. The summed E-state index contributed by atoms with van der Waals surface area (Å²) in [5.74, 6) is -0.316. The van der Waals surface area contributed by atoms with Gasteiger partial charge < -0.3 is 10.6 Å². The van der Waals surface area contributed by atoms with Crippen LogP contribution in [0.15, 0.2) is 18.2 Å². The van der Waals surface area contributed by atoms with E-state index in [1.807, 2.05) is 6.92 Å². The highest BCUT2D eigenvalue weighted by atomic mass is 19.1. The first-order valence-corrected chi connectivity index (χ1v) is 4.95. The Morgan fingerprint density at radius 1 is 1.40 bits per heavy atom. The van der Waals surface area contributed by atoms with Crippen molar-refractivity contribution in [2.75, 3.05) is 13.1 Å². The van der Waals surface area contributed by atoms with Crippen LogP contribution in [0, 0.1) is 12.7 Å². The highest BCUT2D eigenvalue weighted by Gasteiger charge is 2.24. The second-order valence-corrected chi connectivity index (χ2v) is 3.68. The number of hydrogen-bond acceptors (Lipinski definition) is 2. The topological polar surface area (TPSA) is 41.1 Å².